The molecule has 8 heteroatoms. The smallest absolute Gasteiger partial charge is 0.271 e. The van der Waals surface area contributed by atoms with Gasteiger partial charge in [-0.25, -0.2) is 4.98 Å². The number of carbonyl (C=O) groups is 1. The van der Waals surface area contributed by atoms with Gasteiger partial charge in [-0.05, 0) is 42.8 Å². The molecular weight excluding hydrogens is 430 g/mol. The molecule has 0 saturated carbocycles. The maximum absolute atomic E-state index is 12.8. The van der Waals surface area contributed by atoms with Gasteiger partial charge in [0.2, 0.25) is 5.91 Å². The Morgan fingerprint density at radius 3 is 2.61 bits per heavy atom. The molecule has 1 amide bonds. The van der Waals surface area contributed by atoms with E-state index in [2.05, 4.69) is 10.3 Å². The zero-order valence-electron chi connectivity index (χ0n) is 17.1. The maximum Gasteiger partial charge on any atom is 0.271 e. The van der Waals surface area contributed by atoms with Crippen molar-refractivity contribution in [2.75, 3.05) is 17.7 Å². The number of ether oxygens (including phenoxy) is 1. The number of anilines is 1. The molecule has 4 aromatic rings. The molecule has 31 heavy (non-hydrogen) atoms. The fourth-order valence-corrected chi connectivity index (χ4v) is 4.89. The molecule has 2 aromatic heterocycles. The molecule has 0 aliphatic rings. The second kappa shape index (κ2) is 9.36. The predicted octanol–water partition coefficient (Wildman–Crippen LogP) is 4.79. The second-order valence-corrected chi connectivity index (χ2v) is 8.74. The number of aromatic nitrogens is 2. The largest absolute Gasteiger partial charge is 0.494 e. The fraction of sp³-hybridized carbons (Fsp3) is 0.174. The average molecular weight is 452 g/mol. The van der Waals surface area contributed by atoms with Crippen LogP contribution in [-0.2, 0) is 11.8 Å². The van der Waals surface area contributed by atoms with Crippen molar-refractivity contribution in [3.8, 4) is 16.2 Å². The summed E-state index contributed by atoms with van der Waals surface area (Å²) in [4.78, 5) is 30.8. The molecule has 2 aromatic carbocycles. The lowest BCUT2D eigenvalue weighted by atomic mass is 10.2. The first kappa shape index (κ1) is 21.1. The van der Waals surface area contributed by atoms with E-state index in [1.807, 2.05) is 55.5 Å². The summed E-state index contributed by atoms with van der Waals surface area (Å²) in [7, 11) is 1.68. The highest BCUT2D eigenvalue weighted by Gasteiger charge is 2.14. The lowest BCUT2D eigenvalue weighted by Gasteiger charge is -2.08. The van der Waals surface area contributed by atoms with Gasteiger partial charge in [0.25, 0.3) is 5.56 Å². The number of hydrogen-bond acceptors (Lipinski definition) is 6. The Labute approximate surface area is 187 Å². The van der Waals surface area contributed by atoms with Crippen molar-refractivity contribution in [1.29, 1.82) is 0 Å². The number of nitrogens with zero attached hydrogens (tertiary/aromatic N) is 2. The molecule has 2 heterocycles. The second-order valence-electron chi connectivity index (χ2n) is 6.74. The van der Waals surface area contributed by atoms with Gasteiger partial charge in [0.1, 0.15) is 10.4 Å². The van der Waals surface area contributed by atoms with Crippen molar-refractivity contribution in [2.24, 2.45) is 7.05 Å². The highest BCUT2D eigenvalue weighted by molar-refractivity contribution is 7.99. The van der Waals surface area contributed by atoms with Crippen LogP contribution in [0.15, 0.2) is 70.6 Å². The lowest BCUT2D eigenvalue weighted by Crippen LogP contribution is -2.20. The van der Waals surface area contributed by atoms with Gasteiger partial charge in [0, 0.05) is 17.6 Å². The molecule has 158 valence electrons. The van der Waals surface area contributed by atoms with Crippen LogP contribution in [0.5, 0.6) is 5.75 Å². The fourth-order valence-electron chi connectivity index (χ4n) is 3.04. The van der Waals surface area contributed by atoms with Gasteiger partial charge in [-0.1, -0.05) is 42.1 Å². The first-order valence-electron chi connectivity index (χ1n) is 9.76. The van der Waals surface area contributed by atoms with E-state index in [1.54, 1.807) is 19.2 Å². The zero-order chi connectivity index (χ0) is 21.8. The zero-order valence-corrected chi connectivity index (χ0v) is 18.8. The third-order valence-corrected chi connectivity index (χ3v) is 6.75. The number of amides is 1. The Hall–Kier alpha value is -3.10. The summed E-state index contributed by atoms with van der Waals surface area (Å²) in [6.07, 6.45) is 0. The van der Waals surface area contributed by atoms with Crippen molar-refractivity contribution in [3.05, 3.63) is 71.0 Å². The number of rotatable bonds is 7. The first-order valence-corrected chi connectivity index (χ1v) is 11.6. The number of thiophene rings is 1. The third-order valence-electron chi connectivity index (χ3n) is 4.55. The predicted molar refractivity (Wildman–Crippen MR) is 127 cm³/mol. The number of carbonyl (C=O) groups excluding carboxylic acids is 1. The summed E-state index contributed by atoms with van der Waals surface area (Å²) in [5.41, 5.74) is 2.29. The van der Waals surface area contributed by atoms with E-state index in [0.717, 1.165) is 16.2 Å². The average Bonchev–Trinajstić information content (AvgIpc) is 3.22. The molecule has 0 saturated heterocycles. The molecule has 0 atom stereocenters. The van der Waals surface area contributed by atoms with Gasteiger partial charge in [0.05, 0.1) is 17.9 Å². The van der Waals surface area contributed by atoms with Crippen molar-refractivity contribution in [1.82, 2.24) is 9.55 Å². The van der Waals surface area contributed by atoms with Crippen molar-refractivity contribution in [3.63, 3.8) is 0 Å². The van der Waals surface area contributed by atoms with Crippen molar-refractivity contribution >= 4 is 44.9 Å². The van der Waals surface area contributed by atoms with Gasteiger partial charge in [-0.3, -0.25) is 14.2 Å². The van der Waals surface area contributed by atoms with Crippen LogP contribution in [0, 0.1) is 0 Å². The lowest BCUT2D eigenvalue weighted by molar-refractivity contribution is -0.113. The molecule has 0 unspecified atom stereocenters. The summed E-state index contributed by atoms with van der Waals surface area (Å²) in [6.45, 7) is 2.51. The molecule has 0 fully saturated rings. The van der Waals surface area contributed by atoms with Crippen molar-refractivity contribution in [2.45, 2.75) is 12.1 Å². The van der Waals surface area contributed by atoms with Gasteiger partial charge in [-0.2, -0.15) is 0 Å². The normalized spacial score (nSPS) is 10.9. The van der Waals surface area contributed by atoms with Crippen LogP contribution >= 0.6 is 23.1 Å². The van der Waals surface area contributed by atoms with Gasteiger partial charge >= 0.3 is 0 Å². The van der Waals surface area contributed by atoms with E-state index in [9.17, 15) is 9.59 Å². The number of nitrogens with one attached hydrogen (secondary N) is 1. The van der Waals surface area contributed by atoms with Gasteiger partial charge < -0.3 is 10.1 Å². The van der Waals surface area contributed by atoms with E-state index < -0.39 is 0 Å². The number of hydrogen-bond donors (Lipinski definition) is 1. The summed E-state index contributed by atoms with van der Waals surface area (Å²) < 4.78 is 7.52. The van der Waals surface area contributed by atoms with Crippen molar-refractivity contribution < 1.29 is 9.53 Å². The van der Waals surface area contributed by atoms with E-state index in [0.29, 0.717) is 27.7 Å². The molecule has 0 radical (unpaired) electrons. The monoisotopic (exact) mass is 451 g/mol. The Morgan fingerprint density at radius 1 is 1.16 bits per heavy atom. The topological polar surface area (TPSA) is 73.2 Å². The first-order chi connectivity index (χ1) is 15.0. The summed E-state index contributed by atoms with van der Waals surface area (Å²) in [5.74, 6) is 0.737. The van der Waals surface area contributed by atoms with E-state index in [4.69, 9.17) is 4.74 Å². The van der Waals surface area contributed by atoms with E-state index in [-0.39, 0.29) is 17.2 Å². The Morgan fingerprint density at radius 2 is 1.90 bits per heavy atom. The van der Waals surface area contributed by atoms with Crippen LogP contribution < -0.4 is 15.6 Å². The Kier molecular flexibility index (Phi) is 6.39. The molecule has 4 rings (SSSR count). The van der Waals surface area contributed by atoms with Crippen LogP contribution in [-0.4, -0.2) is 27.8 Å². The minimum atomic E-state index is -0.168. The SMILES string of the molecule is CCOc1ccc(NC(=O)CSc2nc3cc(-c4ccccc4)sc3c(=O)n2C)cc1. The maximum atomic E-state index is 12.8. The number of benzene rings is 2. The molecule has 1 N–H and O–H groups in total. The Bertz CT molecular complexity index is 1270. The number of fused-ring (bicyclic) bond motifs is 1. The molecular formula is C23H21N3O3S2. The molecule has 0 bridgehead atoms. The van der Waals surface area contributed by atoms with Gasteiger partial charge in [0.15, 0.2) is 5.16 Å². The minimum Gasteiger partial charge on any atom is -0.494 e. The highest BCUT2D eigenvalue weighted by atomic mass is 32.2. The number of thioether (sulfide) groups is 1. The van der Waals surface area contributed by atoms with Crippen LogP contribution in [0.1, 0.15) is 6.92 Å². The minimum absolute atomic E-state index is 0.105. The van der Waals surface area contributed by atoms with Crippen LogP contribution in [0.25, 0.3) is 20.7 Å². The summed E-state index contributed by atoms with van der Waals surface area (Å²) in [5, 5.41) is 3.36. The quantitative estimate of drug-likeness (QED) is 0.323. The van der Waals surface area contributed by atoms with Crippen LogP contribution in [0.2, 0.25) is 0 Å². The molecule has 0 aliphatic heterocycles. The molecule has 0 spiro atoms. The Balaban J connectivity index is 1.48. The van der Waals surface area contributed by atoms with Gasteiger partial charge in [-0.15, -0.1) is 11.3 Å². The summed E-state index contributed by atoms with van der Waals surface area (Å²) >= 11 is 2.68. The third kappa shape index (κ3) is 4.81. The van der Waals surface area contributed by atoms with E-state index in [1.165, 1.54) is 27.7 Å². The summed E-state index contributed by atoms with van der Waals surface area (Å²) in [6, 6.07) is 19.1. The highest BCUT2D eigenvalue weighted by Crippen LogP contribution is 2.31. The van der Waals surface area contributed by atoms with Crippen LogP contribution in [0.4, 0.5) is 5.69 Å². The molecule has 6 nitrogen and oxygen atoms in total. The van der Waals surface area contributed by atoms with Crippen LogP contribution in [0.3, 0.4) is 0 Å². The standard InChI is InChI=1S/C23H21N3O3S2/c1-3-29-17-11-9-16(10-12-17)24-20(27)14-30-23-25-18-13-19(15-7-5-4-6-8-15)31-21(18)22(28)26(23)2/h4-13H,3,14H2,1-2H3,(H,24,27). The van der Waals surface area contributed by atoms with E-state index >= 15 is 0 Å². The molecule has 0 aliphatic carbocycles.